The Balaban J connectivity index is 1.94. The lowest BCUT2D eigenvalue weighted by molar-refractivity contribution is 0.745. The number of hydrogen-bond donors (Lipinski definition) is 1. The van der Waals surface area contributed by atoms with Crippen molar-refractivity contribution in [3.63, 3.8) is 0 Å². The van der Waals surface area contributed by atoms with Crippen LogP contribution in [-0.4, -0.2) is 16.0 Å². The largest absolute Gasteiger partial charge is 0.351 e. The average molecular weight is 268 g/mol. The van der Waals surface area contributed by atoms with Gasteiger partial charge in [0, 0.05) is 16.3 Å². The molecule has 0 saturated heterocycles. The Morgan fingerprint density at radius 1 is 1.35 bits per heavy atom. The van der Waals surface area contributed by atoms with Crippen LogP contribution in [-0.2, 0) is 0 Å². The fourth-order valence-corrected chi connectivity index (χ4v) is 3.48. The Morgan fingerprint density at radius 2 is 2.12 bits per heavy atom. The van der Waals surface area contributed by atoms with Crippen molar-refractivity contribution in [3.05, 3.63) is 16.1 Å². The van der Waals surface area contributed by atoms with Gasteiger partial charge in [-0.15, -0.1) is 11.3 Å². The van der Waals surface area contributed by atoms with Crippen LogP contribution in [0.25, 0.3) is 10.2 Å². The van der Waals surface area contributed by atoms with E-state index < -0.39 is 0 Å². The van der Waals surface area contributed by atoms with E-state index in [0.29, 0.717) is 17.1 Å². The van der Waals surface area contributed by atoms with Crippen molar-refractivity contribution in [2.24, 2.45) is 0 Å². The molecule has 2 aromatic heterocycles. The van der Waals surface area contributed by atoms with E-state index in [-0.39, 0.29) is 0 Å². The summed E-state index contributed by atoms with van der Waals surface area (Å²) in [5, 5.41) is 4.90. The van der Waals surface area contributed by atoms with E-state index in [1.165, 1.54) is 30.6 Å². The summed E-state index contributed by atoms with van der Waals surface area (Å²) in [6, 6.07) is 2.56. The molecule has 2 heterocycles. The molecule has 0 bridgehead atoms. The van der Waals surface area contributed by atoms with Gasteiger partial charge in [0.1, 0.15) is 9.98 Å². The van der Waals surface area contributed by atoms with Crippen LogP contribution in [0.4, 0.5) is 5.95 Å². The zero-order valence-corrected chi connectivity index (χ0v) is 11.2. The van der Waals surface area contributed by atoms with Gasteiger partial charge in [-0.2, -0.15) is 0 Å². The fraction of sp³-hybridized carbons (Fsp3) is 0.500. The maximum atomic E-state index is 6.18. The standard InChI is InChI=1S/C12H14ClN3S/c1-7-6-9-10(13)15-12(16-11(9)17-7)14-8-4-2-3-5-8/h6,8H,2-5H2,1H3,(H,14,15,16). The van der Waals surface area contributed by atoms with Gasteiger partial charge in [0.05, 0.1) is 0 Å². The molecule has 1 aliphatic rings. The lowest BCUT2D eigenvalue weighted by Crippen LogP contribution is -2.16. The zero-order valence-electron chi connectivity index (χ0n) is 9.66. The molecule has 1 saturated carbocycles. The van der Waals surface area contributed by atoms with E-state index in [1.54, 1.807) is 11.3 Å². The summed E-state index contributed by atoms with van der Waals surface area (Å²) in [6.07, 6.45) is 5.02. The normalized spacial score (nSPS) is 16.8. The molecule has 0 aromatic carbocycles. The summed E-state index contributed by atoms with van der Waals surface area (Å²) < 4.78 is 0. The maximum Gasteiger partial charge on any atom is 0.225 e. The maximum absolute atomic E-state index is 6.18. The monoisotopic (exact) mass is 267 g/mol. The van der Waals surface area contributed by atoms with Crippen molar-refractivity contribution >= 4 is 39.1 Å². The van der Waals surface area contributed by atoms with Crippen LogP contribution in [0, 0.1) is 6.92 Å². The first-order valence-corrected chi connectivity index (χ1v) is 7.12. The number of aryl methyl sites for hydroxylation is 1. The third-order valence-electron chi connectivity index (χ3n) is 3.16. The van der Waals surface area contributed by atoms with Gasteiger partial charge in [0.2, 0.25) is 5.95 Å². The minimum absolute atomic E-state index is 0.518. The van der Waals surface area contributed by atoms with Crippen LogP contribution in [0.5, 0.6) is 0 Å². The molecular weight excluding hydrogens is 254 g/mol. The summed E-state index contributed by atoms with van der Waals surface area (Å²) in [4.78, 5) is 11.1. The van der Waals surface area contributed by atoms with Crippen molar-refractivity contribution in [3.8, 4) is 0 Å². The molecule has 2 aromatic rings. The number of hydrogen-bond acceptors (Lipinski definition) is 4. The first-order valence-electron chi connectivity index (χ1n) is 5.92. The predicted molar refractivity (Wildman–Crippen MR) is 73.0 cm³/mol. The molecule has 5 heteroatoms. The van der Waals surface area contributed by atoms with Crippen molar-refractivity contribution in [2.45, 2.75) is 38.6 Å². The van der Waals surface area contributed by atoms with Crippen LogP contribution >= 0.6 is 22.9 Å². The third-order valence-corrected chi connectivity index (χ3v) is 4.39. The molecule has 0 radical (unpaired) electrons. The second-order valence-corrected chi connectivity index (χ2v) is 6.13. The number of aromatic nitrogens is 2. The first kappa shape index (κ1) is 11.2. The summed E-state index contributed by atoms with van der Waals surface area (Å²) in [7, 11) is 0. The molecule has 1 N–H and O–H groups in total. The van der Waals surface area contributed by atoms with Crippen molar-refractivity contribution in [1.29, 1.82) is 0 Å². The fourth-order valence-electron chi connectivity index (χ4n) is 2.32. The summed E-state index contributed by atoms with van der Waals surface area (Å²) in [5.74, 6) is 0.677. The molecule has 0 unspecified atom stereocenters. The molecule has 17 heavy (non-hydrogen) atoms. The molecule has 0 atom stereocenters. The molecule has 1 fully saturated rings. The summed E-state index contributed by atoms with van der Waals surface area (Å²) in [6.45, 7) is 2.06. The highest BCUT2D eigenvalue weighted by Gasteiger charge is 2.17. The van der Waals surface area contributed by atoms with E-state index in [2.05, 4.69) is 22.2 Å². The van der Waals surface area contributed by atoms with Crippen molar-refractivity contribution in [2.75, 3.05) is 5.32 Å². The lowest BCUT2D eigenvalue weighted by Gasteiger charge is -2.11. The number of nitrogens with zero attached hydrogens (tertiary/aromatic N) is 2. The van der Waals surface area contributed by atoms with E-state index in [4.69, 9.17) is 11.6 Å². The predicted octanol–water partition coefficient (Wildman–Crippen LogP) is 4.01. The van der Waals surface area contributed by atoms with E-state index >= 15 is 0 Å². The smallest absolute Gasteiger partial charge is 0.225 e. The van der Waals surface area contributed by atoms with Gasteiger partial charge in [0.25, 0.3) is 0 Å². The zero-order chi connectivity index (χ0) is 11.8. The second-order valence-electron chi connectivity index (χ2n) is 4.54. The number of fused-ring (bicyclic) bond motifs is 1. The van der Waals surface area contributed by atoms with Crippen molar-refractivity contribution in [1.82, 2.24) is 9.97 Å². The van der Waals surface area contributed by atoms with Crippen LogP contribution in [0.3, 0.4) is 0 Å². The minimum Gasteiger partial charge on any atom is -0.351 e. The molecule has 3 nitrogen and oxygen atoms in total. The van der Waals surface area contributed by atoms with Gasteiger partial charge in [-0.25, -0.2) is 9.97 Å². The first-order chi connectivity index (χ1) is 8.22. The second kappa shape index (κ2) is 4.42. The number of halogens is 1. The molecule has 90 valence electrons. The Hall–Kier alpha value is -0.870. The Labute approximate surface area is 109 Å². The molecular formula is C12H14ClN3S. The SMILES string of the molecule is Cc1cc2c(Cl)nc(NC3CCCC3)nc2s1. The van der Waals surface area contributed by atoms with Gasteiger partial charge in [0.15, 0.2) is 0 Å². The van der Waals surface area contributed by atoms with E-state index in [0.717, 1.165) is 10.2 Å². The highest BCUT2D eigenvalue weighted by Crippen LogP contribution is 2.30. The quantitative estimate of drug-likeness (QED) is 0.836. The average Bonchev–Trinajstić information content (AvgIpc) is 2.87. The van der Waals surface area contributed by atoms with Crippen LogP contribution in [0.1, 0.15) is 30.6 Å². The Kier molecular flexibility index (Phi) is 2.92. The topological polar surface area (TPSA) is 37.8 Å². The summed E-state index contributed by atoms with van der Waals surface area (Å²) in [5.41, 5.74) is 0. The van der Waals surface area contributed by atoms with Crippen molar-refractivity contribution < 1.29 is 0 Å². The van der Waals surface area contributed by atoms with Gasteiger partial charge in [-0.1, -0.05) is 24.4 Å². The Morgan fingerprint density at radius 3 is 2.88 bits per heavy atom. The number of nitrogens with one attached hydrogen (secondary N) is 1. The molecule has 3 rings (SSSR count). The van der Waals surface area contributed by atoms with E-state index in [1.807, 2.05) is 6.07 Å². The summed E-state index contributed by atoms with van der Waals surface area (Å²) >= 11 is 7.84. The van der Waals surface area contributed by atoms with E-state index in [9.17, 15) is 0 Å². The number of thiophene rings is 1. The van der Waals surface area contributed by atoms with Crippen LogP contribution in [0.2, 0.25) is 5.15 Å². The van der Waals surface area contributed by atoms with Gasteiger partial charge in [-0.3, -0.25) is 0 Å². The molecule has 0 spiro atoms. The number of anilines is 1. The van der Waals surface area contributed by atoms with Gasteiger partial charge >= 0.3 is 0 Å². The molecule has 0 aliphatic heterocycles. The van der Waals surface area contributed by atoms with Gasteiger partial charge in [-0.05, 0) is 25.8 Å². The minimum atomic E-state index is 0.518. The van der Waals surface area contributed by atoms with Crippen LogP contribution in [0.15, 0.2) is 6.07 Å². The highest BCUT2D eigenvalue weighted by atomic mass is 35.5. The van der Waals surface area contributed by atoms with Gasteiger partial charge < -0.3 is 5.32 Å². The third kappa shape index (κ3) is 2.24. The lowest BCUT2D eigenvalue weighted by atomic mass is 10.2. The Bertz CT molecular complexity index is 546. The van der Waals surface area contributed by atoms with Crippen LogP contribution < -0.4 is 5.32 Å². The molecule has 0 amide bonds. The highest BCUT2D eigenvalue weighted by molar-refractivity contribution is 7.18. The number of rotatable bonds is 2. The molecule has 1 aliphatic carbocycles.